The molecule has 0 aliphatic carbocycles. The molecule has 1 rings (SSSR count). The summed E-state index contributed by atoms with van der Waals surface area (Å²) in [5, 5.41) is 8.00. The van der Waals surface area contributed by atoms with E-state index >= 15 is 0 Å². The van der Waals surface area contributed by atoms with Crippen LogP contribution in [-0.4, -0.2) is 16.8 Å². The maximum absolute atomic E-state index is 4.54. The van der Waals surface area contributed by atoms with E-state index in [4.69, 9.17) is 0 Å². The van der Waals surface area contributed by atoms with E-state index in [0.29, 0.717) is 6.04 Å². The first-order chi connectivity index (χ1) is 9.22. The molecule has 3 nitrogen and oxygen atoms in total. The molecule has 1 atom stereocenters. The zero-order valence-electron chi connectivity index (χ0n) is 13.2. The fourth-order valence-corrected chi connectivity index (χ4v) is 2.70. The molecule has 1 aromatic rings. The van der Waals surface area contributed by atoms with E-state index in [1.807, 2.05) is 11.7 Å². The van der Waals surface area contributed by atoms with Crippen molar-refractivity contribution >= 4 is 0 Å². The minimum Gasteiger partial charge on any atom is -0.313 e. The SMILES string of the molecule is CCCCCCCCC(NC)c1cn(C)nc1CC. The minimum absolute atomic E-state index is 0.467. The van der Waals surface area contributed by atoms with Gasteiger partial charge in [0.1, 0.15) is 0 Å². The van der Waals surface area contributed by atoms with Gasteiger partial charge in [0.25, 0.3) is 0 Å². The van der Waals surface area contributed by atoms with E-state index in [-0.39, 0.29) is 0 Å². The lowest BCUT2D eigenvalue weighted by molar-refractivity contribution is 0.495. The second-order valence-electron chi connectivity index (χ2n) is 5.46. The molecule has 19 heavy (non-hydrogen) atoms. The molecule has 1 heterocycles. The Labute approximate surface area is 118 Å². The molecule has 0 saturated carbocycles. The van der Waals surface area contributed by atoms with E-state index < -0.39 is 0 Å². The molecule has 0 aromatic carbocycles. The van der Waals surface area contributed by atoms with Gasteiger partial charge in [-0.15, -0.1) is 0 Å². The fraction of sp³-hybridized carbons (Fsp3) is 0.812. The summed E-state index contributed by atoms with van der Waals surface area (Å²) < 4.78 is 1.94. The highest BCUT2D eigenvalue weighted by atomic mass is 15.3. The van der Waals surface area contributed by atoms with Crippen LogP contribution in [0.4, 0.5) is 0 Å². The second-order valence-corrected chi connectivity index (χ2v) is 5.46. The van der Waals surface area contributed by atoms with Crippen LogP contribution < -0.4 is 5.32 Å². The molecule has 0 radical (unpaired) electrons. The summed E-state index contributed by atoms with van der Waals surface area (Å²) in [5.41, 5.74) is 2.63. The third-order valence-electron chi connectivity index (χ3n) is 3.84. The van der Waals surface area contributed by atoms with E-state index in [1.54, 1.807) is 0 Å². The molecule has 0 aliphatic heterocycles. The van der Waals surface area contributed by atoms with Gasteiger partial charge in [0.05, 0.1) is 5.69 Å². The number of nitrogens with zero attached hydrogens (tertiary/aromatic N) is 2. The normalized spacial score (nSPS) is 12.8. The maximum Gasteiger partial charge on any atom is 0.0669 e. The third kappa shape index (κ3) is 5.35. The summed E-state index contributed by atoms with van der Waals surface area (Å²) in [5.74, 6) is 0. The van der Waals surface area contributed by atoms with Gasteiger partial charge >= 0.3 is 0 Å². The van der Waals surface area contributed by atoms with Crippen molar-refractivity contribution in [3.8, 4) is 0 Å². The number of aromatic nitrogens is 2. The van der Waals surface area contributed by atoms with Crippen molar-refractivity contribution in [3.05, 3.63) is 17.5 Å². The molecule has 0 spiro atoms. The van der Waals surface area contributed by atoms with Gasteiger partial charge in [0.15, 0.2) is 0 Å². The Morgan fingerprint density at radius 2 is 1.84 bits per heavy atom. The molecule has 3 heteroatoms. The molecular weight excluding hydrogens is 234 g/mol. The monoisotopic (exact) mass is 265 g/mol. The van der Waals surface area contributed by atoms with Crippen LogP contribution in [0.25, 0.3) is 0 Å². The number of aryl methyl sites for hydroxylation is 2. The van der Waals surface area contributed by atoms with Crippen LogP contribution in [0, 0.1) is 0 Å². The van der Waals surface area contributed by atoms with Gasteiger partial charge in [-0.3, -0.25) is 4.68 Å². The molecule has 0 saturated heterocycles. The predicted molar refractivity (Wildman–Crippen MR) is 82.4 cm³/mol. The summed E-state index contributed by atoms with van der Waals surface area (Å²) in [6.07, 6.45) is 12.6. The predicted octanol–water partition coefficient (Wildman–Crippen LogP) is 3.99. The Morgan fingerprint density at radius 3 is 2.47 bits per heavy atom. The number of hydrogen-bond acceptors (Lipinski definition) is 2. The lowest BCUT2D eigenvalue weighted by Gasteiger charge is -2.16. The Morgan fingerprint density at radius 1 is 1.16 bits per heavy atom. The van der Waals surface area contributed by atoms with Crippen LogP contribution in [0.15, 0.2) is 6.20 Å². The van der Waals surface area contributed by atoms with Crippen LogP contribution >= 0.6 is 0 Å². The molecular formula is C16H31N3. The van der Waals surface area contributed by atoms with Crippen LogP contribution in [0.1, 0.15) is 76.1 Å². The number of nitrogens with one attached hydrogen (secondary N) is 1. The molecule has 0 amide bonds. The van der Waals surface area contributed by atoms with Crippen molar-refractivity contribution in [2.45, 2.75) is 71.3 Å². The summed E-state index contributed by atoms with van der Waals surface area (Å²) in [4.78, 5) is 0. The van der Waals surface area contributed by atoms with Gasteiger partial charge < -0.3 is 5.32 Å². The highest BCUT2D eigenvalue weighted by Gasteiger charge is 2.15. The van der Waals surface area contributed by atoms with Gasteiger partial charge in [-0.1, -0.05) is 52.4 Å². The standard InChI is InChI=1S/C16H31N3/c1-5-7-8-9-10-11-12-16(17-3)14-13-19(4)18-15(14)6-2/h13,16-17H,5-12H2,1-4H3. The van der Waals surface area contributed by atoms with Gasteiger partial charge in [-0.25, -0.2) is 0 Å². The zero-order chi connectivity index (χ0) is 14.1. The highest BCUT2D eigenvalue weighted by Crippen LogP contribution is 2.23. The van der Waals surface area contributed by atoms with E-state index in [0.717, 1.165) is 6.42 Å². The molecule has 1 N–H and O–H groups in total. The summed E-state index contributed by atoms with van der Waals surface area (Å²) in [6, 6.07) is 0.467. The average molecular weight is 265 g/mol. The Kier molecular flexibility index (Phi) is 7.80. The van der Waals surface area contributed by atoms with Crippen molar-refractivity contribution in [3.63, 3.8) is 0 Å². The first kappa shape index (κ1) is 16.2. The largest absolute Gasteiger partial charge is 0.313 e. The Hall–Kier alpha value is -0.830. The quantitative estimate of drug-likeness (QED) is 0.648. The number of unbranched alkanes of at least 4 members (excludes halogenated alkanes) is 5. The van der Waals surface area contributed by atoms with E-state index in [9.17, 15) is 0 Å². The molecule has 1 unspecified atom stereocenters. The minimum atomic E-state index is 0.467. The molecule has 0 bridgehead atoms. The lowest BCUT2D eigenvalue weighted by atomic mass is 9.99. The van der Waals surface area contributed by atoms with Crippen molar-refractivity contribution in [1.82, 2.24) is 15.1 Å². The maximum atomic E-state index is 4.54. The van der Waals surface area contributed by atoms with Gasteiger partial charge in [0.2, 0.25) is 0 Å². The number of hydrogen-bond donors (Lipinski definition) is 1. The topological polar surface area (TPSA) is 29.9 Å². The van der Waals surface area contributed by atoms with Crippen molar-refractivity contribution in [2.75, 3.05) is 7.05 Å². The first-order valence-electron chi connectivity index (χ1n) is 7.92. The van der Waals surface area contributed by atoms with Gasteiger partial charge in [-0.05, 0) is 19.9 Å². The van der Waals surface area contributed by atoms with E-state index in [2.05, 4.69) is 37.5 Å². The van der Waals surface area contributed by atoms with Crippen molar-refractivity contribution in [1.29, 1.82) is 0 Å². The molecule has 0 aliphatic rings. The molecule has 0 fully saturated rings. The summed E-state index contributed by atoms with van der Waals surface area (Å²) in [7, 11) is 4.08. The lowest BCUT2D eigenvalue weighted by Crippen LogP contribution is -2.17. The Bertz CT molecular complexity index is 344. The van der Waals surface area contributed by atoms with Crippen molar-refractivity contribution < 1.29 is 0 Å². The van der Waals surface area contributed by atoms with Crippen LogP contribution in [-0.2, 0) is 13.5 Å². The van der Waals surface area contributed by atoms with Crippen molar-refractivity contribution in [2.24, 2.45) is 7.05 Å². The fourth-order valence-electron chi connectivity index (χ4n) is 2.70. The van der Waals surface area contributed by atoms with E-state index in [1.165, 1.54) is 56.2 Å². The second kappa shape index (κ2) is 9.13. The summed E-state index contributed by atoms with van der Waals surface area (Å²) in [6.45, 7) is 4.45. The van der Waals surface area contributed by atoms with Crippen LogP contribution in [0.2, 0.25) is 0 Å². The van der Waals surface area contributed by atoms with Gasteiger partial charge in [0, 0.05) is 24.8 Å². The molecule has 1 aromatic heterocycles. The van der Waals surface area contributed by atoms with Crippen LogP contribution in [0.5, 0.6) is 0 Å². The van der Waals surface area contributed by atoms with Gasteiger partial charge in [-0.2, -0.15) is 5.10 Å². The Balaban J connectivity index is 2.40. The highest BCUT2D eigenvalue weighted by molar-refractivity contribution is 5.21. The van der Waals surface area contributed by atoms with Crippen LogP contribution in [0.3, 0.4) is 0 Å². The zero-order valence-corrected chi connectivity index (χ0v) is 13.2. The summed E-state index contributed by atoms with van der Waals surface area (Å²) >= 11 is 0. The first-order valence-corrected chi connectivity index (χ1v) is 7.92. The third-order valence-corrected chi connectivity index (χ3v) is 3.84. The number of rotatable bonds is 10. The molecule has 110 valence electrons. The smallest absolute Gasteiger partial charge is 0.0669 e. The average Bonchev–Trinajstić information content (AvgIpc) is 2.79.